The topological polar surface area (TPSA) is 55.1 Å². The van der Waals surface area contributed by atoms with Crippen molar-refractivity contribution in [2.24, 2.45) is 0 Å². The van der Waals surface area contributed by atoms with Gasteiger partial charge < -0.3 is 9.47 Å². The molecule has 1 heterocycles. The van der Waals surface area contributed by atoms with Gasteiger partial charge in [-0.15, -0.1) is 26.3 Å². The van der Waals surface area contributed by atoms with Crippen molar-refractivity contribution in [3.8, 4) is 40.1 Å². The molecule has 0 saturated heterocycles. The van der Waals surface area contributed by atoms with E-state index in [0.717, 1.165) is 12.1 Å². The van der Waals surface area contributed by atoms with Crippen molar-refractivity contribution in [2.75, 3.05) is 0 Å². The number of nitriles is 1. The predicted molar refractivity (Wildman–Crippen MR) is 93.2 cm³/mol. The lowest BCUT2D eigenvalue weighted by atomic mass is 10.0. The fourth-order valence-electron chi connectivity index (χ4n) is 2.65. The van der Waals surface area contributed by atoms with Crippen molar-refractivity contribution in [1.82, 2.24) is 4.98 Å². The average molecular weight is 424 g/mol. The summed E-state index contributed by atoms with van der Waals surface area (Å²) in [7, 11) is 0. The van der Waals surface area contributed by atoms with Crippen LogP contribution in [-0.4, -0.2) is 17.7 Å². The molecule has 2 aromatic carbocycles. The number of hydrogen-bond donors (Lipinski definition) is 0. The van der Waals surface area contributed by atoms with Gasteiger partial charge in [0.25, 0.3) is 0 Å². The molecule has 0 unspecified atom stereocenters. The largest absolute Gasteiger partial charge is 0.573 e. The van der Waals surface area contributed by atoms with Crippen LogP contribution < -0.4 is 9.47 Å². The third-order valence-electron chi connectivity index (χ3n) is 3.73. The lowest BCUT2D eigenvalue weighted by molar-refractivity contribution is -0.275. The number of rotatable bonds is 4. The van der Waals surface area contributed by atoms with Crippen LogP contribution in [0.15, 0.2) is 60.7 Å². The molecule has 154 valence electrons. The van der Waals surface area contributed by atoms with Gasteiger partial charge in [-0.1, -0.05) is 24.3 Å². The van der Waals surface area contributed by atoms with Crippen molar-refractivity contribution >= 4 is 0 Å². The summed E-state index contributed by atoms with van der Waals surface area (Å²) >= 11 is 0. The van der Waals surface area contributed by atoms with Gasteiger partial charge in [0.1, 0.15) is 11.5 Å². The van der Waals surface area contributed by atoms with Crippen molar-refractivity contribution in [2.45, 2.75) is 12.7 Å². The van der Waals surface area contributed by atoms with E-state index in [1.807, 2.05) is 6.07 Å². The number of pyridine rings is 1. The Hall–Kier alpha value is -3.74. The zero-order valence-corrected chi connectivity index (χ0v) is 14.8. The molecule has 0 aliphatic rings. The van der Waals surface area contributed by atoms with Gasteiger partial charge in [-0.05, 0) is 36.4 Å². The smallest absolute Gasteiger partial charge is 0.405 e. The van der Waals surface area contributed by atoms with Crippen LogP contribution in [-0.2, 0) is 0 Å². The highest BCUT2D eigenvalue weighted by Gasteiger charge is 2.33. The van der Waals surface area contributed by atoms with E-state index in [2.05, 4.69) is 14.5 Å². The van der Waals surface area contributed by atoms with Gasteiger partial charge >= 0.3 is 12.7 Å². The summed E-state index contributed by atoms with van der Waals surface area (Å²) in [4.78, 5) is 4.16. The van der Waals surface area contributed by atoms with Crippen LogP contribution in [0, 0.1) is 11.3 Å². The molecule has 0 spiro atoms. The number of hydrogen-bond acceptors (Lipinski definition) is 4. The highest BCUT2D eigenvalue weighted by Crippen LogP contribution is 2.37. The number of aromatic nitrogens is 1. The fourth-order valence-corrected chi connectivity index (χ4v) is 2.65. The fraction of sp³-hybridized carbons (Fsp3) is 0.100. The maximum absolute atomic E-state index is 12.7. The number of halogens is 6. The maximum atomic E-state index is 12.7. The van der Waals surface area contributed by atoms with E-state index in [9.17, 15) is 31.6 Å². The zero-order valence-electron chi connectivity index (χ0n) is 14.8. The van der Waals surface area contributed by atoms with Gasteiger partial charge in [-0.3, -0.25) is 0 Å². The van der Waals surface area contributed by atoms with Gasteiger partial charge in [0.05, 0.1) is 23.0 Å². The summed E-state index contributed by atoms with van der Waals surface area (Å²) in [5, 5.41) is 9.29. The highest BCUT2D eigenvalue weighted by atomic mass is 19.4. The van der Waals surface area contributed by atoms with Gasteiger partial charge in [0, 0.05) is 11.1 Å². The second-order valence-electron chi connectivity index (χ2n) is 5.83. The first kappa shape index (κ1) is 21.0. The van der Waals surface area contributed by atoms with Gasteiger partial charge in [-0.25, -0.2) is 4.98 Å². The summed E-state index contributed by atoms with van der Waals surface area (Å²) in [6.07, 6.45) is -9.95. The predicted octanol–water partition coefficient (Wildman–Crippen LogP) is 6.08. The van der Waals surface area contributed by atoms with Gasteiger partial charge in [0.15, 0.2) is 0 Å². The Morgan fingerprint density at radius 1 is 0.700 bits per heavy atom. The third-order valence-corrected chi connectivity index (χ3v) is 3.73. The molecular formula is C20H10F6N2O2. The van der Waals surface area contributed by atoms with Crippen LogP contribution in [0.1, 0.15) is 5.56 Å². The number of alkyl halides is 6. The second-order valence-corrected chi connectivity index (χ2v) is 5.83. The SMILES string of the molecule is N#Cc1cc(-c2ccccc2OC(F)(F)F)nc(-c2ccccc2OC(F)(F)F)c1. The molecule has 1 aromatic heterocycles. The summed E-state index contributed by atoms with van der Waals surface area (Å²) in [6.45, 7) is 0. The number of ether oxygens (including phenoxy) is 2. The molecule has 30 heavy (non-hydrogen) atoms. The van der Waals surface area contributed by atoms with Crippen LogP contribution in [0.5, 0.6) is 11.5 Å². The number of nitrogens with zero attached hydrogens (tertiary/aromatic N) is 2. The molecule has 0 saturated carbocycles. The summed E-state index contributed by atoms with van der Waals surface area (Å²) in [6, 6.07) is 14.4. The lowest BCUT2D eigenvalue weighted by Crippen LogP contribution is -2.18. The lowest BCUT2D eigenvalue weighted by Gasteiger charge is -2.15. The Bertz CT molecular complexity index is 1030. The molecule has 4 nitrogen and oxygen atoms in total. The quantitative estimate of drug-likeness (QED) is 0.476. The van der Waals surface area contributed by atoms with E-state index in [0.29, 0.717) is 0 Å². The Morgan fingerprint density at radius 3 is 1.47 bits per heavy atom. The van der Waals surface area contributed by atoms with Crippen molar-refractivity contribution < 1.29 is 35.8 Å². The minimum atomic E-state index is -4.97. The molecule has 0 radical (unpaired) electrons. The van der Waals surface area contributed by atoms with E-state index in [1.54, 1.807) is 0 Å². The number of para-hydroxylation sites is 2. The molecule has 0 amide bonds. The molecule has 0 aliphatic heterocycles. The van der Waals surface area contributed by atoms with E-state index in [1.165, 1.54) is 48.5 Å². The summed E-state index contributed by atoms with van der Waals surface area (Å²) in [5.74, 6) is -1.14. The van der Waals surface area contributed by atoms with E-state index >= 15 is 0 Å². The summed E-state index contributed by atoms with van der Waals surface area (Å²) < 4.78 is 84.3. The first-order chi connectivity index (χ1) is 14.1. The molecule has 3 rings (SSSR count). The Labute approximate surface area is 165 Å². The molecule has 0 atom stereocenters. The Balaban J connectivity index is 2.16. The maximum Gasteiger partial charge on any atom is 0.573 e. The van der Waals surface area contributed by atoms with Crippen LogP contribution in [0.4, 0.5) is 26.3 Å². The minimum Gasteiger partial charge on any atom is -0.405 e. The van der Waals surface area contributed by atoms with Crippen LogP contribution in [0.2, 0.25) is 0 Å². The minimum absolute atomic E-state index is 0.0291. The van der Waals surface area contributed by atoms with Crippen LogP contribution in [0.3, 0.4) is 0 Å². The molecular weight excluding hydrogens is 414 g/mol. The normalized spacial score (nSPS) is 11.6. The van der Waals surface area contributed by atoms with Crippen molar-refractivity contribution in [1.29, 1.82) is 5.26 Å². The summed E-state index contributed by atoms with van der Waals surface area (Å²) in [5.41, 5.74) is -0.403. The van der Waals surface area contributed by atoms with Crippen molar-refractivity contribution in [3.63, 3.8) is 0 Å². The molecule has 3 aromatic rings. The molecule has 0 fully saturated rings. The molecule has 0 N–H and O–H groups in total. The van der Waals surface area contributed by atoms with Crippen molar-refractivity contribution in [3.05, 3.63) is 66.2 Å². The van der Waals surface area contributed by atoms with Gasteiger partial charge in [0.2, 0.25) is 0 Å². The molecule has 0 bridgehead atoms. The Morgan fingerprint density at radius 2 is 1.10 bits per heavy atom. The third kappa shape index (κ3) is 5.20. The zero-order chi connectivity index (χ0) is 21.9. The standard InChI is InChI=1S/C20H10F6N2O2/c21-19(22,23)29-17-7-3-1-5-13(17)15-9-12(11-27)10-16(28-15)14-6-2-4-8-18(14)30-20(24,25)26/h1-10H. The number of benzene rings is 2. The molecule has 10 heteroatoms. The van der Waals surface area contributed by atoms with Crippen LogP contribution >= 0.6 is 0 Å². The first-order valence-corrected chi connectivity index (χ1v) is 8.18. The highest BCUT2D eigenvalue weighted by molar-refractivity contribution is 5.74. The monoisotopic (exact) mass is 424 g/mol. The van der Waals surface area contributed by atoms with E-state index < -0.39 is 24.2 Å². The first-order valence-electron chi connectivity index (χ1n) is 8.18. The second kappa shape index (κ2) is 7.94. The van der Waals surface area contributed by atoms with Crippen LogP contribution in [0.25, 0.3) is 22.5 Å². The average Bonchev–Trinajstić information content (AvgIpc) is 2.66. The van der Waals surface area contributed by atoms with Gasteiger partial charge in [-0.2, -0.15) is 5.26 Å². The van der Waals surface area contributed by atoms with E-state index in [-0.39, 0.29) is 28.1 Å². The Kier molecular flexibility index (Phi) is 5.56. The molecule has 0 aliphatic carbocycles. The van der Waals surface area contributed by atoms with E-state index in [4.69, 9.17) is 0 Å².